The highest BCUT2D eigenvalue weighted by Crippen LogP contribution is 2.36. The van der Waals surface area contributed by atoms with Crippen molar-refractivity contribution in [1.82, 2.24) is 0 Å². The molecule has 0 fully saturated rings. The van der Waals surface area contributed by atoms with Crippen LogP contribution in [-0.2, 0) is 6.54 Å². The van der Waals surface area contributed by atoms with Gasteiger partial charge >= 0.3 is 0 Å². The van der Waals surface area contributed by atoms with Gasteiger partial charge in [-0.3, -0.25) is 0 Å². The van der Waals surface area contributed by atoms with E-state index >= 15 is 0 Å². The van der Waals surface area contributed by atoms with E-state index in [0.29, 0.717) is 34.7 Å². The molecule has 3 nitrogen and oxygen atoms in total. The first-order chi connectivity index (χ1) is 10.1. The van der Waals surface area contributed by atoms with E-state index in [1.54, 1.807) is 7.11 Å². The maximum absolute atomic E-state index is 6.25. The van der Waals surface area contributed by atoms with Crippen molar-refractivity contribution >= 4 is 28.9 Å². The molecule has 0 radical (unpaired) electrons. The van der Waals surface area contributed by atoms with Crippen LogP contribution in [-0.4, -0.2) is 13.7 Å². The normalized spacial score (nSPS) is 10.3. The van der Waals surface area contributed by atoms with Gasteiger partial charge < -0.3 is 14.8 Å². The van der Waals surface area contributed by atoms with Gasteiger partial charge in [-0.1, -0.05) is 29.3 Å². The van der Waals surface area contributed by atoms with E-state index in [-0.39, 0.29) is 0 Å². The second kappa shape index (κ2) is 7.43. The standard InChI is InChI=1S/C16H17Cl2NO2/c1-3-21-16-14(18)7-11(8-15(16)20-2)10-19-13-6-4-5-12(17)9-13/h4-9,19H,3,10H2,1-2H3. The van der Waals surface area contributed by atoms with Crippen molar-refractivity contribution in [1.29, 1.82) is 0 Å². The average molecular weight is 326 g/mol. The minimum atomic E-state index is 0.538. The van der Waals surface area contributed by atoms with Crippen LogP contribution in [0.15, 0.2) is 36.4 Å². The van der Waals surface area contributed by atoms with E-state index < -0.39 is 0 Å². The Balaban J connectivity index is 2.15. The van der Waals surface area contributed by atoms with E-state index in [1.165, 1.54) is 0 Å². The predicted molar refractivity (Wildman–Crippen MR) is 88.0 cm³/mol. The lowest BCUT2D eigenvalue weighted by atomic mass is 10.2. The van der Waals surface area contributed by atoms with Crippen LogP contribution >= 0.6 is 23.2 Å². The molecule has 0 saturated heterocycles. The third-order valence-electron chi connectivity index (χ3n) is 2.90. The van der Waals surface area contributed by atoms with Gasteiger partial charge in [-0.25, -0.2) is 0 Å². The summed E-state index contributed by atoms with van der Waals surface area (Å²) >= 11 is 12.2. The highest BCUT2D eigenvalue weighted by Gasteiger charge is 2.11. The van der Waals surface area contributed by atoms with Gasteiger partial charge in [0.15, 0.2) is 11.5 Å². The molecule has 2 aromatic carbocycles. The molecule has 1 N–H and O–H groups in total. The van der Waals surface area contributed by atoms with Crippen LogP contribution in [0.25, 0.3) is 0 Å². The molecule has 0 aliphatic heterocycles. The number of rotatable bonds is 6. The molecule has 21 heavy (non-hydrogen) atoms. The van der Waals surface area contributed by atoms with Crippen molar-refractivity contribution in [2.45, 2.75) is 13.5 Å². The summed E-state index contributed by atoms with van der Waals surface area (Å²) < 4.78 is 10.8. The van der Waals surface area contributed by atoms with Crippen molar-refractivity contribution in [3.63, 3.8) is 0 Å². The molecule has 0 heterocycles. The fourth-order valence-corrected chi connectivity index (χ4v) is 2.44. The lowest BCUT2D eigenvalue weighted by Gasteiger charge is -2.14. The lowest BCUT2D eigenvalue weighted by molar-refractivity contribution is 0.311. The zero-order valence-corrected chi connectivity index (χ0v) is 13.5. The quantitative estimate of drug-likeness (QED) is 0.809. The number of hydrogen-bond donors (Lipinski definition) is 1. The van der Waals surface area contributed by atoms with Crippen LogP contribution in [0, 0.1) is 0 Å². The summed E-state index contributed by atoms with van der Waals surface area (Å²) in [5.41, 5.74) is 1.95. The van der Waals surface area contributed by atoms with Gasteiger partial charge in [0.1, 0.15) is 0 Å². The molecule has 0 aliphatic carbocycles. The Hall–Kier alpha value is -1.58. The number of halogens is 2. The fourth-order valence-electron chi connectivity index (χ4n) is 1.96. The molecule has 0 unspecified atom stereocenters. The van der Waals surface area contributed by atoms with Gasteiger partial charge in [0, 0.05) is 17.3 Å². The summed E-state index contributed by atoms with van der Waals surface area (Å²) in [6, 6.07) is 11.3. The fraction of sp³-hybridized carbons (Fsp3) is 0.250. The zero-order chi connectivity index (χ0) is 15.2. The summed E-state index contributed by atoms with van der Waals surface area (Å²) in [7, 11) is 1.60. The molecule has 0 spiro atoms. The Kier molecular flexibility index (Phi) is 5.59. The second-order valence-electron chi connectivity index (χ2n) is 4.41. The van der Waals surface area contributed by atoms with Crippen molar-refractivity contribution in [3.05, 3.63) is 52.0 Å². The van der Waals surface area contributed by atoms with Gasteiger partial charge in [0.05, 0.1) is 18.7 Å². The molecular weight excluding hydrogens is 309 g/mol. The van der Waals surface area contributed by atoms with Gasteiger partial charge in [0.2, 0.25) is 0 Å². The molecule has 2 aromatic rings. The Labute approximate surface area is 134 Å². The van der Waals surface area contributed by atoms with E-state index in [9.17, 15) is 0 Å². The molecule has 0 saturated carbocycles. The number of hydrogen-bond acceptors (Lipinski definition) is 3. The third-order valence-corrected chi connectivity index (χ3v) is 3.42. The largest absolute Gasteiger partial charge is 0.493 e. The summed E-state index contributed by atoms with van der Waals surface area (Å²) in [5.74, 6) is 1.21. The molecule has 0 aromatic heterocycles. The third kappa shape index (κ3) is 4.19. The lowest BCUT2D eigenvalue weighted by Crippen LogP contribution is -2.02. The van der Waals surface area contributed by atoms with Crippen molar-refractivity contribution < 1.29 is 9.47 Å². The first-order valence-electron chi connectivity index (χ1n) is 6.62. The minimum absolute atomic E-state index is 0.538. The minimum Gasteiger partial charge on any atom is -0.493 e. The predicted octanol–water partition coefficient (Wildman–Crippen LogP) is 5.01. The Bertz CT molecular complexity index is 617. The number of methoxy groups -OCH3 is 1. The van der Waals surface area contributed by atoms with Gasteiger partial charge in [-0.05, 0) is 42.8 Å². The first-order valence-corrected chi connectivity index (χ1v) is 7.38. The van der Waals surface area contributed by atoms with Crippen LogP contribution in [0.5, 0.6) is 11.5 Å². The van der Waals surface area contributed by atoms with Crippen LogP contribution in [0.4, 0.5) is 5.69 Å². The van der Waals surface area contributed by atoms with Crippen molar-refractivity contribution in [2.24, 2.45) is 0 Å². The maximum atomic E-state index is 6.25. The van der Waals surface area contributed by atoms with Crippen LogP contribution in [0.2, 0.25) is 10.0 Å². The number of anilines is 1. The van der Waals surface area contributed by atoms with E-state index in [2.05, 4.69) is 5.32 Å². The molecule has 0 amide bonds. The van der Waals surface area contributed by atoms with Crippen LogP contribution < -0.4 is 14.8 Å². The first kappa shape index (κ1) is 15.8. The molecule has 0 aliphatic rings. The monoisotopic (exact) mass is 325 g/mol. The summed E-state index contributed by atoms with van der Waals surface area (Å²) in [6.45, 7) is 3.06. The Morgan fingerprint density at radius 1 is 1.14 bits per heavy atom. The zero-order valence-electron chi connectivity index (χ0n) is 12.0. The number of benzene rings is 2. The van der Waals surface area contributed by atoms with Gasteiger partial charge in [-0.15, -0.1) is 0 Å². The van der Waals surface area contributed by atoms with Crippen LogP contribution in [0.1, 0.15) is 12.5 Å². The van der Waals surface area contributed by atoms with Gasteiger partial charge in [0.25, 0.3) is 0 Å². The maximum Gasteiger partial charge on any atom is 0.179 e. The van der Waals surface area contributed by atoms with E-state index in [4.69, 9.17) is 32.7 Å². The highest BCUT2D eigenvalue weighted by atomic mass is 35.5. The molecule has 2 rings (SSSR count). The second-order valence-corrected chi connectivity index (χ2v) is 5.25. The Morgan fingerprint density at radius 2 is 1.95 bits per heavy atom. The highest BCUT2D eigenvalue weighted by molar-refractivity contribution is 6.32. The smallest absolute Gasteiger partial charge is 0.179 e. The SMILES string of the molecule is CCOc1c(Cl)cc(CNc2cccc(Cl)c2)cc1OC. The summed E-state index contributed by atoms with van der Waals surface area (Å²) in [4.78, 5) is 0. The van der Waals surface area contributed by atoms with Crippen molar-refractivity contribution in [2.75, 3.05) is 19.0 Å². The molecule has 5 heteroatoms. The van der Waals surface area contributed by atoms with Crippen LogP contribution in [0.3, 0.4) is 0 Å². The average Bonchev–Trinajstić information content (AvgIpc) is 2.47. The Morgan fingerprint density at radius 3 is 2.62 bits per heavy atom. The molecule has 112 valence electrons. The summed E-state index contributed by atoms with van der Waals surface area (Å²) in [6.07, 6.45) is 0. The molecule has 0 atom stereocenters. The topological polar surface area (TPSA) is 30.5 Å². The van der Waals surface area contributed by atoms with E-state index in [0.717, 1.165) is 11.3 Å². The van der Waals surface area contributed by atoms with Crippen molar-refractivity contribution in [3.8, 4) is 11.5 Å². The summed E-state index contributed by atoms with van der Waals surface area (Å²) in [5, 5.41) is 4.53. The van der Waals surface area contributed by atoms with Gasteiger partial charge in [-0.2, -0.15) is 0 Å². The number of nitrogens with one attached hydrogen (secondary N) is 1. The van der Waals surface area contributed by atoms with E-state index in [1.807, 2.05) is 43.3 Å². The molecule has 0 bridgehead atoms. The number of ether oxygens (including phenoxy) is 2. The molecular formula is C16H17Cl2NO2.